The highest BCUT2D eigenvalue weighted by atomic mass is 16.5. The van der Waals surface area contributed by atoms with E-state index in [1.165, 1.54) is 6.92 Å². The minimum Gasteiger partial charge on any atom is -0.489 e. The van der Waals surface area contributed by atoms with Gasteiger partial charge in [-0.1, -0.05) is 12.1 Å². The van der Waals surface area contributed by atoms with E-state index in [9.17, 15) is 4.79 Å². The smallest absolute Gasteiger partial charge is 0.308 e. The Bertz CT molecular complexity index is 826. The van der Waals surface area contributed by atoms with Gasteiger partial charge in [0.1, 0.15) is 29.5 Å². The van der Waals surface area contributed by atoms with Gasteiger partial charge < -0.3 is 14.2 Å². The van der Waals surface area contributed by atoms with E-state index in [0.717, 1.165) is 46.6 Å². The van der Waals surface area contributed by atoms with Gasteiger partial charge in [-0.15, -0.1) is 0 Å². The molecule has 1 heterocycles. The molecule has 0 aliphatic carbocycles. The van der Waals surface area contributed by atoms with Crippen molar-refractivity contribution < 1.29 is 19.0 Å². The molecule has 2 aromatic carbocycles. The Morgan fingerprint density at radius 2 is 1.88 bits per heavy atom. The van der Waals surface area contributed by atoms with Gasteiger partial charge in [0, 0.05) is 12.5 Å². The number of hydrogen-bond acceptors (Lipinski definition) is 4. The summed E-state index contributed by atoms with van der Waals surface area (Å²) in [6.07, 6.45) is 1.70. The van der Waals surface area contributed by atoms with Gasteiger partial charge in [0.15, 0.2) is 0 Å². The fourth-order valence-electron chi connectivity index (χ4n) is 3.38. The van der Waals surface area contributed by atoms with Crippen LogP contribution in [0.3, 0.4) is 0 Å². The second-order valence-electron chi connectivity index (χ2n) is 7.18. The summed E-state index contributed by atoms with van der Waals surface area (Å²) in [6.45, 7) is 9.95. The predicted molar refractivity (Wildman–Crippen MR) is 100 cm³/mol. The largest absolute Gasteiger partial charge is 0.489 e. The molecule has 1 aliphatic rings. The molecule has 4 nitrogen and oxygen atoms in total. The molecule has 1 unspecified atom stereocenters. The molecule has 0 bridgehead atoms. The molecule has 4 heteroatoms. The summed E-state index contributed by atoms with van der Waals surface area (Å²) in [5.74, 6) is 2.08. The van der Waals surface area contributed by atoms with E-state index in [2.05, 4.69) is 13.0 Å². The van der Waals surface area contributed by atoms with Crippen molar-refractivity contribution in [2.24, 2.45) is 0 Å². The highest BCUT2D eigenvalue weighted by Crippen LogP contribution is 2.43. The number of esters is 1. The van der Waals surface area contributed by atoms with E-state index in [-0.39, 0.29) is 5.97 Å². The highest BCUT2D eigenvalue weighted by Gasteiger charge is 2.35. The van der Waals surface area contributed by atoms with Crippen molar-refractivity contribution in [1.29, 1.82) is 0 Å². The van der Waals surface area contributed by atoms with Crippen molar-refractivity contribution in [2.45, 2.75) is 53.1 Å². The summed E-state index contributed by atoms with van der Waals surface area (Å²) in [6, 6.07) is 10.4. The van der Waals surface area contributed by atoms with Crippen LogP contribution in [0.4, 0.5) is 0 Å². The van der Waals surface area contributed by atoms with Crippen LogP contribution in [0.25, 0.3) is 0 Å². The SMILES string of the molecule is CC(=O)Oc1c(C)c(C)c2c(c1C)CCC(C)(COc1cc[c]cc1)O2. The van der Waals surface area contributed by atoms with Crippen molar-refractivity contribution in [3.63, 3.8) is 0 Å². The van der Waals surface area contributed by atoms with Crippen LogP contribution >= 0.6 is 0 Å². The first-order valence-corrected chi connectivity index (χ1v) is 8.90. The quantitative estimate of drug-likeness (QED) is 0.600. The summed E-state index contributed by atoms with van der Waals surface area (Å²) in [5, 5.41) is 0. The van der Waals surface area contributed by atoms with E-state index >= 15 is 0 Å². The molecule has 1 aliphatic heterocycles. The van der Waals surface area contributed by atoms with E-state index in [0.29, 0.717) is 12.4 Å². The molecule has 0 N–H and O–H groups in total. The third-order valence-corrected chi connectivity index (χ3v) is 5.04. The molecule has 0 spiro atoms. The first-order chi connectivity index (χ1) is 12.3. The van der Waals surface area contributed by atoms with Crippen LogP contribution in [-0.2, 0) is 11.2 Å². The van der Waals surface area contributed by atoms with Gasteiger partial charge in [-0.2, -0.15) is 0 Å². The molecule has 0 saturated heterocycles. The highest BCUT2D eigenvalue weighted by molar-refractivity contribution is 5.72. The maximum atomic E-state index is 11.4. The second-order valence-corrected chi connectivity index (χ2v) is 7.18. The topological polar surface area (TPSA) is 44.8 Å². The van der Waals surface area contributed by atoms with Crippen LogP contribution < -0.4 is 14.2 Å². The summed E-state index contributed by atoms with van der Waals surface area (Å²) in [4.78, 5) is 11.4. The van der Waals surface area contributed by atoms with Gasteiger partial charge in [-0.05, 0) is 75.4 Å². The molecule has 2 aromatic rings. The molecule has 3 rings (SSSR count). The summed E-state index contributed by atoms with van der Waals surface area (Å²) < 4.78 is 17.8. The fraction of sp³-hybridized carbons (Fsp3) is 0.409. The summed E-state index contributed by atoms with van der Waals surface area (Å²) in [7, 11) is 0. The average Bonchev–Trinajstić information content (AvgIpc) is 2.62. The van der Waals surface area contributed by atoms with Crippen molar-refractivity contribution in [3.05, 3.63) is 52.6 Å². The zero-order valence-corrected chi connectivity index (χ0v) is 16.1. The van der Waals surface area contributed by atoms with Crippen molar-refractivity contribution in [2.75, 3.05) is 6.61 Å². The Labute approximate surface area is 155 Å². The minimum absolute atomic E-state index is 0.300. The Morgan fingerprint density at radius 3 is 2.54 bits per heavy atom. The molecule has 0 aromatic heterocycles. The Balaban J connectivity index is 1.87. The van der Waals surface area contributed by atoms with E-state index in [4.69, 9.17) is 14.2 Å². The number of carbonyl (C=O) groups excluding carboxylic acids is 1. The van der Waals surface area contributed by atoms with Crippen LogP contribution in [0.1, 0.15) is 42.5 Å². The third kappa shape index (κ3) is 3.55. The molecule has 26 heavy (non-hydrogen) atoms. The van der Waals surface area contributed by atoms with E-state index in [1.807, 2.05) is 45.0 Å². The number of fused-ring (bicyclic) bond motifs is 1. The molecule has 0 amide bonds. The Morgan fingerprint density at radius 1 is 1.19 bits per heavy atom. The normalized spacial score (nSPS) is 18.7. The van der Waals surface area contributed by atoms with E-state index in [1.54, 1.807) is 0 Å². The molecule has 0 fully saturated rings. The van der Waals surface area contributed by atoms with Crippen molar-refractivity contribution in [3.8, 4) is 17.2 Å². The monoisotopic (exact) mass is 353 g/mol. The first-order valence-electron chi connectivity index (χ1n) is 8.90. The lowest BCUT2D eigenvalue weighted by atomic mass is 9.87. The van der Waals surface area contributed by atoms with Crippen LogP contribution in [0, 0.1) is 26.8 Å². The lowest BCUT2D eigenvalue weighted by Crippen LogP contribution is -2.42. The van der Waals surface area contributed by atoms with Gasteiger partial charge in [0.2, 0.25) is 0 Å². The standard InChI is InChI=1S/C22H25O4/c1-14-15(2)21-19(16(3)20(14)25-17(4)23)11-12-22(5,26-21)13-24-18-9-7-6-8-10-18/h7-10H,11-13H2,1-5H3. The minimum atomic E-state index is -0.404. The van der Waals surface area contributed by atoms with Crippen molar-refractivity contribution >= 4 is 5.97 Å². The number of hydrogen-bond donors (Lipinski definition) is 0. The number of carbonyl (C=O) groups is 1. The molecule has 1 radical (unpaired) electrons. The van der Waals surface area contributed by atoms with E-state index < -0.39 is 5.60 Å². The number of benzene rings is 2. The second kappa shape index (κ2) is 7.02. The van der Waals surface area contributed by atoms with Crippen molar-refractivity contribution in [1.82, 2.24) is 0 Å². The van der Waals surface area contributed by atoms with Crippen LogP contribution in [0.2, 0.25) is 0 Å². The number of ether oxygens (including phenoxy) is 3. The predicted octanol–water partition coefficient (Wildman–Crippen LogP) is 4.50. The zero-order valence-electron chi connectivity index (χ0n) is 16.1. The maximum absolute atomic E-state index is 11.4. The first kappa shape index (κ1) is 18.3. The van der Waals surface area contributed by atoms with Crippen LogP contribution in [-0.4, -0.2) is 18.2 Å². The molecule has 0 saturated carbocycles. The lowest BCUT2D eigenvalue weighted by molar-refractivity contribution is -0.132. The van der Waals surface area contributed by atoms with Gasteiger partial charge in [0.05, 0.1) is 0 Å². The van der Waals surface area contributed by atoms with Gasteiger partial charge in [0.25, 0.3) is 0 Å². The number of rotatable bonds is 4. The third-order valence-electron chi connectivity index (χ3n) is 5.04. The zero-order chi connectivity index (χ0) is 18.9. The summed E-state index contributed by atoms with van der Waals surface area (Å²) >= 11 is 0. The van der Waals surface area contributed by atoms with Gasteiger partial charge in [-0.25, -0.2) is 0 Å². The maximum Gasteiger partial charge on any atom is 0.308 e. The molecular formula is C22H25O4. The van der Waals surface area contributed by atoms with Crippen LogP contribution in [0.5, 0.6) is 17.2 Å². The van der Waals surface area contributed by atoms with Gasteiger partial charge >= 0.3 is 5.97 Å². The molecule has 137 valence electrons. The van der Waals surface area contributed by atoms with Crippen LogP contribution in [0.15, 0.2) is 24.3 Å². The Kier molecular flexibility index (Phi) is 4.94. The molecule has 1 atom stereocenters. The molecular weight excluding hydrogens is 328 g/mol. The fourth-order valence-corrected chi connectivity index (χ4v) is 3.38. The Hall–Kier alpha value is -2.49. The summed E-state index contributed by atoms with van der Waals surface area (Å²) in [5.41, 5.74) is 3.66. The lowest BCUT2D eigenvalue weighted by Gasteiger charge is -2.37. The average molecular weight is 353 g/mol. The van der Waals surface area contributed by atoms with Gasteiger partial charge in [-0.3, -0.25) is 4.79 Å².